The van der Waals surface area contributed by atoms with Crippen molar-refractivity contribution >= 4 is 5.97 Å². The van der Waals surface area contributed by atoms with Crippen LogP contribution in [0.15, 0.2) is 0 Å². The molecule has 2 N–H and O–H groups in total. The lowest BCUT2D eigenvalue weighted by molar-refractivity contribution is -0.921. The minimum Gasteiger partial charge on any atom is -0.598 e. The van der Waals surface area contributed by atoms with Gasteiger partial charge in [0.25, 0.3) is 0 Å². The van der Waals surface area contributed by atoms with E-state index >= 15 is 0 Å². The number of carbonyl (C=O) groups is 1. The van der Waals surface area contributed by atoms with Crippen molar-refractivity contribution in [1.29, 1.82) is 0 Å². The van der Waals surface area contributed by atoms with Gasteiger partial charge in [0.1, 0.15) is 0 Å². The predicted molar refractivity (Wildman–Crippen MR) is 18.1 cm³/mol. The molecule has 0 aliphatic heterocycles. The van der Waals surface area contributed by atoms with Gasteiger partial charge in [0.05, 0.1) is 0 Å². The second-order valence-corrected chi connectivity index (χ2v) is 0.767. The topological polar surface area (TPSA) is 75.2 Å². The molecule has 5 heteroatoms. The lowest BCUT2D eigenvalue weighted by Gasteiger charge is -1.94. The molecule has 0 aromatic heterocycles. The van der Waals surface area contributed by atoms with Gasteiger partial charge in [-0.25, -0.2) is 4.79 Å². The normalized spacial score (nSPS) is 8.29. The third-order valence-corrected chi connectivity index (χ3v) is 0.205. The molecule has 42 valence electrons. The summed E-state index contributed by atoms with van der Waals surface area (Å²) in [5.41, 5.74) is 0.0292. The van der Waals surface area contributed by atoms with Crippen LogP contribution >= 0.6 is 0 Å². The van der Waals surface area contributed by atoms with Crippen LogP contribution in [0.5, 0.6) is 0 Å². The van der Waals surface area contributed by atoms with Crippen LogP contribution in [0.3, 0.4) is 0 Å². The average Bonchev–Trinajstić information content (AvgIpc) is 1.61. The quantitative estimate of drug-likeness (QED) is 0.342. The third-order valence-electron chi connectivity index (χ3n) is 0.205. The van der Waals surface area contributed by atoms with E-state index in [0.29, 0.717) is 0 Å². The molecule has 0 unspecified atom stereocenters. The van der Waals surface area contributed by atoms with Crippen LogP contribution in [-0.4, -0.2) is 5.97 Å². The summed E-state index contributed by atoms with van der Waals surface area (Å²) >= 11 is 0. The van der Waals surface area contributed by atoms with E-state index in [1.165, 1.54) is 0 Å². The van der Waals surface area contributed by atoms with Crippen molar-refractivity contribution in [3.63, 3.8) is 0 Å². The summed E-state index contributed by atoms with van der Waals surface area (Å²) < 4.78 is 0. The van der Waals surface area contributed by atoms with E-state index in [1.807, 2.05) is 0 Å². The van der Waals surface area contributed by atoms with E-state index in [2.05, 4.69) is 9.88 Å². The Kier molecular flexibility index (Phi) is 3.21. The maximum absolute atomic E-state index is 9.70. The second-order valence-electron chi connectivity index (χ2n) is 0.767. The van der Waals surface area contributed by atoms with E-state index in [0.717, 1.165) is 6.92 Å². The molecule has 0 radical (unpaired) electrons. The minimum atomic E-state index is -0.646. The van der Waals surface area contributed by atoms with Crippen molar-refractivity contribution in [2.75, 3.05) is 0 Å². The van der Waals surface area contributed by atoms with Crippen LogP contribution in [0.1, 0.15) is 6.92 Å². The van der Waals surface area contributed by atoms with Gasteiger partial charge in [-0.05, 0) is 0 Å². The van der Waals surface area contributed by atoms with Crippen molar-refractivity contribution in [3.8, 4) is 0 Å². The zero-order chi connectivity index (χ0) is 5.70. The summed E-state index contributed by atoms with van der Waals surface area (Å²) in [4.78, 5) is 16.9. The van der Waals surface area contributed by atoms with E-state index in [4.69, 9.17) is 0 Å². The van der Waals surface area contributed by atoms with Gasteiger partial charge < -0.3 is 5.21 Å². The van der Waals surface area contributed by atoms with Gasteiger partial charge in [0, 0.05) is 11.9 Å². The monoisotopic (exact) mass is 107 g/mol. The number of hydrogen-bond acceptors (Lipinski definition) is 4. The largest absolute Gasteiger partial charge is 0.598 e. The fourth-order valence-corrected chi connectivity index (χ4v) is 0.0874. The van der Waals surface area contributed by atoms with Gasteiger partial charge in [-0.15, -0.1) is 0 Å². The zero-order valence-corrected chi connectivity index (χ0v) is 3.71. The maximum Gasteiger partial charge on any atom is 0.345 e. The highest BCUT2D eigenvalue weighted by atomic mass is 17.3. The Morgan fingerprint density at radius 3 is 2.57 bits per heavy atom. The van der Waals surface area contributed by atoms with Gasteiger partial charge in [0.15, 0.2) is 0 Å². The molecule has 5 nitrogen and oxygen atoms in total. The summed E-state index contributed by atoms with van der Waals surface area (Å²) in [6.45, 7) is 1.13. The lowest BCUT2D eigenvalue weighted by atomic mass is 10.9. The van der Waals surface area contributed by atoms with Gasteiger partial charge in [0.2, 0.25) is 0 Å². The van der Waals surface area contributed by atoms with Gasteiger partial charge >= 0.3 is 5.97 Å². The van der Waals surface area contributed by atoms with Crippen LogP contribution in [0.25, 0.3) is 0 Å². The maximum atomic E-state index is 9.70. The number of quaternary nitrogens is 1. The smallest absolute Gasteiger partial charge is 0.345 e. The predicted octanol–water partition coefficient (Wildman–Crippen LogP) is -1.54. The Bertz CT molecular complexity index is 62.7. The highest BCUT2D eigenvalue weighted by molar-refractivity contribution is 5.65. The van der Waals surface area contributed by atoms with Crippen LogP contribution in [0.4, 0.5) is 0 Å². The van der Waals surface area contributed by atoms with Crippen LogP contribution in [0, 0.1) is 5.21 Å². The fraction of sp³-hybridized carbons (Fsp3) is 0.500. The molecule has 0 aliphatic rings. The molecule has 0 bridgehead atoms. The fourth-order valence-electron chi connectivity index (χ4n) is 0.0874. The molecule has 0 saturated heterocycles. The Hall–Kier alpha value is -0.650. The van der Waals surface area contributed by atoms with Crippen molar-refractivity contribution in [3.05, 3.63) is 5.21 Å². The molecular formula is C2H5NO4. The van der Waals surface area contributed by atoms with Crippen molar-refractivity contribution < 1.29 is 20.3 Å². The van der Waals surface area contributed by atoms with Crippen molar-refractivity contribution in [1.82, 2.24) is 0 Å². The number of hydrogen-bond donors (Lipinski definition) is 1. The van der Waals surface area contributed by atoms with Gasteiger partial charge in [-0.2, -0.15) is 5.64 Å². The SMILES string of the molecule is CC(=O)OO[NH2+][O-]. The minimum absolute atomic E-state index is 0.0292. The van der Waals surface area contributed by atoms with Crippen LogP contribution < -0.4 is 5.64 Å². The molecule has 0 rings (SSSR count). The Balaban J connectivity index is 2.82. The molecule has 7 heavy (non-hydrogen) atoms. The van der Waals surface area contributed by atoms with Gasteiger partial charge in [-0.1, -0.05) is 0 Å². The molecule has 0 aromatic carbocycles. The summed E-state index contributed by atoms with van der Waals surface area (Å²) in [5, 5.41) is 9.21. The molecule has 0 atom stereocenters. The molecule has 0 fully saturated rings. The summed E-state index contributed by atoms with van der Waals surface area (Å²) in [6, 6.07) is 0. The first-order valence-corrected chi connectivity index (χ1v) is 1.55. The third kappa shape index (κ3) is 5.35. The zero-order valence-electron chi connectivity index (χ0n) is 3.71. The molecule has 0 amide bonds. The molecule has 0 saturated carbocycles. The average molecular weight is 107 g/mol. The van der Waals surface area contributed by atoms with E-state index < -0.39 is 5.97 Å². The number of nitrogens with two attached hydrogens (primary N) is 1. The highest BCUT2D eigenvalue weighted by Gasteiger charge is 1.88. The number of carbonyl (C=O) groups excluding carboxylic acids is 1. The molecular weight excluding hydrogens is 102 g/mol. The first-order chi connectivity index (χ1) is 3.27. The summed E-state index contributed by atoms with van der Waals surface area (Å²) in [5.74, 6) is -0.646. The Morgan fingerprint density at radius 1 is 1.86 bits per heavy atom. The Labute approximate surface area is 39.7 Å². The summed E-state index contributed by atoms with van der Waals surface area (Å²) in [6.07, 6.45) is 0. The molecule has 0 aromatic rings. The van der Waals surface area contributed by atoms with Crippen molar-refractivity contribution in [2.24, 2.45) is 0 Å². The van der Waals surface area contributed by atoms with Crippen LogP contribution in [-0.2, 0) is 14.7 Å². The first-order valence-electron chi connectivity index (χ1n) is 1.55. The summed E-state index contributed by atoms with van der Waals surface area (Å²) in [7, 11) is 0. The van der Waals surface area contributed by atoms with Crippen molar-refractivity contribution in [2.45, 2.75) is 6.92 Å². The standard InChI is InChI=1S/C2H5NO4/c1-2(4)6-7-3-5/h3H2,1H3. The highest BCUT2D eigenvalue weighted by Crippen LogP contribution is 1.66. The van der Waals surface area contributed by atoms with Crippen LogP contribution in [0.2, 0.25) is 0 Å². The van der Waals surface area contributed by atoms with E-state index in [-0.39, 0.29) is 5.64 Å². The second kappa shape index (κ2) is 3.54. The Morgan fingerprint density at radius 2 is 2.43 bits per heavy atom. The van der Waals surface area contributed by atoms with Gasteiger partial charge in [-0.3, -0.25) is 4.89 Å². The molecule has 0 spiro atoms. The lowest BCUT2D eigenvalue weighted by Crippen LogP contribution is -2.76. The van der Waals surface area contributed by atoms with E-state index in [1.54, 1.807) is 0 Å². The molecule has 0 heterocycles. The molecule has 0 aliphatic carbocycles. The first kappa shape index (κ1) is 6.35. The van der Waals surface area contributed by atoms with E-state index in [9.17, 15) is 10.0 Å². The number of rotatable bonds is 2.